The van der Waals surface area contributed by atoms with Crippen LogP contribution in [0.2, 0.25) is 0 Å². The minimum absolute atomic E-state index is 0.0138. The lowest BCUT2D eigenvalue weighted by Crippen LogP contribution is -2.30. The molecule has 4 rings (SSSR count). The number of furan rings is 1. The van der Waals surface area contributed by atoms with E-state index in [0.717, 1.165) is 18.2 Å². The number of benzene rings is 3. The SMILES string of the molecule is COc1cc(OC)cc(C(=O)N(Cc2cccc(OS(=O)(=O)c3cccc(C(F)(F)F)c3)c2)Cc2ccco2)c1. The van der Waals surface area contributed by atoms with E-state index < -0.39 is 32.7 Å². The summed E-state index contributed by atoms with van der Waals surface area (Å²) in [6, 6.07) is 17.3. The fourth-order valence-electron chi connectivity index (χ4n) is 3.82. The van der Waals surface area contributed by atoms with Crippen LogP contribution < -0.4 is 13.7 Å². The Bertz CT molecular complexity index is 1560. The largest absolute Gasteiger partial charge is 0.497 e. The third-order valence-corrected chi connectivity index (χ3v) is 6.98. The zero-order chi connectivity index (χ0) is 28.9. The molecule has 0 saturated heterocycles. The van der Waals surface area contributed by atoms with Gasteiger partial charge in [-0.25, -0.2) is 0 Å². The molecule has 0 aliphatic carbocycles. The first-order chi connectivity index (χ1) is 19.0. The summed E-state index contributed by atoms with van der Waals surface area (Å²) < 4.78 is 85.8. The maximum absolute atomic E-state index is 13.6. The fraction of sp³-hybridized carbons (Fsp3) is 0.179. The van der Waals surface area contributed by atoms with Crippen molar-refractivity contribution in [1.29, 1.82) is 0 Å². The number of hydrogen-bond donors (Lipinski definition) is 0. The highest BCUT2D eigenvalue weighted by molar-refractivity contribution is 7.87. The molecule has 0 fully saturated rings. The number of amides is 1. The molecule has 0 unspecified atom stereocenters. The van der Waals surface area contributed by atoms with Crippen LogP contribution >= 0.6 is 0 Å². The molecule has 3 aromatic carbocycles. The number of carbonyl (C=O) groups excluding carboxylic acids is 1. The summed E-state index contributed by atoms with van der Waals surface area (Å²) in [5.74, 6) is 0.800. The van der Waals surface area contributed by atoms with E-state index in [0.29, 0.717) is 28.9 Å². The lowest BCUT2D eigenvalue weighted by atomic mass is 10.1. The van der Waals surface area contributed by atoms with Crippen LogP contribution in [0.3, 0.4) is 0 Å². The molecular formula is C28H24F3NO7S. The van der Waals surface area contributed by atoms with E-state index in [4.69, 9.17) is 18.1 Å². The molecule has 0 spiro atoms. The smallest absolute Gasteiger partial charge is 0.416 e. The number of carbonyl (C=O) groups is 1. The van der Waals surface area contributed by atoms with Crippen LogP contribution in [0.15, 0.2) is 94.4 Å². The molecule has 1 amide bonds. The van der Waals surface area contributed by atoms with E-state index in [1.807, 2.05) is 0 Å². The number of methoxy groups -OCH3 is 2. The summed E-state index contributed by atoms with van der Waals surface area (Å²) in [6.07, 6.45) is -3.25. The molecule has 0 atom stereocenters. The number of rotatable bonds is 10. The second-order valence-corrected chi connectivity index (χ2v) is 10.1. The zero-order valence-corrected chi connectivity index (χ0v) is 22.2. The van der Waals surface area contributed by atoms with Crippen LogP contribution in [-0.4, -0.2) is 33.4 Å². The van der Waals surface area contributed by atoms with Crippen LogP contribution in [0, 0.1) is 0 Å². The monoisotopic (exact) mass is 575 g/mol. The van der Waals surface area contributed by atoms with Crippen molar-refractivity contribution in [2.24, 2.45) is 0 Å². The number of alkyl halides is 3. The Morgan fingerprint density at radius 2 is 1.55 bits per heavy atom. The number of nitrogens with zero attached hydrogens (tertiary/aromatic N) is 1. The highest BCUT2D eigenvalue weighted by atomic mass is 32.2. The third-order valence-electron chi connectivity index (χ3n) is 5.74. The summed E-state index contributed by atoms with van der Waals surface area (Å²) >= 11 is 0. The van der Waals surface area contributed by atoms with E-state index in [9.17, 15) is 26.4 Å². The van der Waals surface area contributed by atoms with Gasteiger partial charge in [0.05, 0.1) is 32.6 Å². The number of hydrogen-bond acceptors (Lipinski definition) is 7. The van der Waals surface area contributed by atoms with Crippen molar-refractivity contribution in [2.45, 2.75) is 24.2 Å². The molecule has 0 aliphatic heterocycles. The molecule has 4 aromatic rings. The Kier molecular flexibility index (Phi) is 8.38. The van der Waals surface area contributed by atoms with Crippen LogP contribution in [-0.2, 0) is 29.4 Å². The molecule has 40 heavy (non-hydrogen) atoms. The molecular weight excluding hydrogens is 551 g/mol. The van der Waals surface area contributed by atoms with Gasteiger partial charge in [0.2, 0.25) is 0 Å². The van der Waals surface area contributed by atoms with Gasteiger partial charge >= 0.3 is 16.3 Å². The molecule has 0 N–H and O–H groups in total. The molecule has 0 saturated carbocycles. The van der Waals surface area contributed by atoms with Crippen molar-refractivity contribution >= 4 is 16.0 Å². The second-order valence-electron chi connectivity index (χ2n) is 8.55. The van der Waals surface area contributed by atoms with Crippen molar-refractivity contribution < 1.29 is 44.5 Å². The minimum Gasteiger partial charge on any atom is -0.497 e. The summed E-state index contributed by atoms with van der Waals surface area (Å²) in [5, 5.41) is 0. The first-order valence-corrected chi connectivity index (χ1v) is 13.1. The van der Waals surface area contributed by atoms with E-state index in [2.05, 4.69) is 0 Å². The van der Waals surface area contributed by atoms with Gasteiger partial charge in [-0.1, -0.05) is 18.2 Å². The van der Waals surface area contributed by atoms with Gasteiger partial charge in [-0.05, 0) is 60.2 Å². The molecule has 1 aromatic heterocycles. The lowest BCUT2D eigenvalue weighted by Gasteiger charge is -2.23. The molecule has 8 nitrogen and oxygen atoms in total. The molecule has 0 radical (unpaired) electrons. The zero-order valence-electron chi connectivity index (χ0n) is 21.3. The maximum atomic E-state index is 13.6. The van der Waals surface area contributed by atoms with Crippen molar-refractivity contribution in [3.05, 3.63) is 108 Å². The third kappa shape index (κ3) is 6.94. The van der Waals surface area contributed by atoms with E-state index in [-0.39, 0.29) is 24.4 Å². The Hall–Kier alpha value is -4.45. The standard InChI is InChI=1S/C28H24F3NO7S/c1-36-24-13-20(14-25(16-24)37-2)27(33)32(18-23-9-5-11-38-23)17-19-6-3-8-22(12-19)39-40(34,35)26-10-4-7-21(15-26)28(29,30)31/h3-16H,17-18H2,1-2H3. The van der Waals surface area contributed by atoms with Gasteiger partial charge in [-0.2, -0.15) is 21.6 Å². The Labute approximate surface area is 228 Å². The summed E-state index contributed by atoms with van der Waals surface area (Å²) in [4.78, 5) is 14.4. The molecule has 0 aliphatic rings. The highest BCUT2D eigenvalue weighted by Gasteiger charge is 2.32. The number of ether oxygens (including phenoxy) is 2. The first-order valence-electron chi connectivity index (χ1n) is 11.7. The van der Waals surface area contributed by atoms with Crippen LogP contribution in [0.1, 0.15) is 27.2 Å². The average molecular weight is 576 g/mol. The predicted octanol–water partition coefficient (Wildman–Crippen LogP) is 5.93. The van der Waals surface area contributed by atoms with Crippen LogP contribution in [0.25, 0.3) is 0 Å². The quantitative estimate of drug-likeness (QED) is 0.217. The average Bonchev–Trinajstić information content (AvgIpc) is 3.44. The van der Waals surface area contributed by atoms with Gasteiger partial charge in [-0.15, -0.1) is 0 Å². The lowest BCUT2D eigenvalue weighted by molar-refractivity contribution is -0.137. The second kappa shape index (κ2) is 11.7. The summed E-state index contributed by atoms with van der Waals surface area (Å²) in [7, 11) is -1.66. The highest BCUT2D eigenvalue weighted by Crippen LogP contribution is 2.31. The Morgan fingerprint density at radius 1 is 0.850 bits per heavy atom. The topological polar surface area (TPSA) is 95.3 Å². The first kappa shape index (κ1) is 28.6. The van der Waals surface area contributed by atoms with Gasteiger partial charge in [0.1, 0.15) is 27.9 Å². The van der Waals surface area contributed by atoms with Crippen LogP contribution in [0.4, 0.5) is 13.2 Å². The van der Waals surface area contributed by atoms with Crippen LogP contribution in [0.5, 0.6) is 17.2 Å². The van der Waals surface area contributed by atoms with E-state index in [1.165, 1.54) is 43.6 Å². The normalized spacial score (nSPS) is 11.6. The molecule has 0 bridgehead atoms. The van der Waals surface area contributed by atoms with Gasteiger partial charge in [0.25, 0.3) is 5.91 Å². The van der Waals surface area contributed by atoms with Gasteiger partial charge in [0.15, 0.2) is 0 Å². The van der Waals surface area contributed by atoms with Crippen molar-refractivity contribution in [1.82, 2.24) is 4.90 Å². The number of halogens is 3. The van der Waals surface area contributed by atoms with Crippen molar-refractivity contribution in [3.8, 4) is 17.2 Å². The van der Waals surface area contributed by atoms with Gasteiger partial charge < -0.3 is 23.0 Å². The maximum Gasteiger partial charge on any atom is 0.416 e. The van der Waals surface area contributed by atoms with E-state index in [1.54, 1.807) is 36.4 Å². The molecule has 12 heteroatoms. The predicted molar refractivity (Wildman–Crippen MR) is 138 cm³/mol. The Morgan fingerprint density at radius 3 is 2.17 bits per heavy atom. The molecule has 1 heterocycles. The Balaban J connectivity index is 1.61. The van der Waals surface area contributed by atoms with Crippen molar-refractivity contribution in [2.75, 3.05) is 14.2 Å². The summed E-state index contributed by atoms with van der Waals surface area (Å²) in [6.45, 7) is 0.0961. The molecule has 210 valence electrons. The fourth-order valence-corrected chi connectivity index (χ4v) is 4.79. The minimum atomic E-state index is -4.72. The van der Waals surface area contributed by atoms with Gasteiger partial charge in [-0.3, -0.25) is 4.79 Å². The summed E-state index contributed by atoms with van der Waals surface area (Å²) in [5.41, 5.74) is -0.346. The van der Waals surface area contributed by atoms with Gasteiger partial charge in [0, 0.05) is 18.2 Å². The van der Waals surface area contributed by atoms with Crippen molar-refractivity contribution in [3.63, 3.8) is 0 Å². The van der Waals surface area contributed by atoms with E-state index >= 15 is 0 Å².